The molecule has 1 aromatic heterocycles. The van der Waals surface area contributed by atoms with Gasteiger partial charge in [0.1, 0.15) is 17.2 Å². The van der Waals surface area contributed by atoms with Crippen molar-refractivity contribution in [1.82, 2.24) is 14.3 Å². The smallest absolute Gasteiger partial charge is 0.341 e. The zero-order valence-corrected chi connectivity index (χ0v) is 15.7. The lowest BCUT2D eigenvalue weighted by Crippen LogP contribution is -2.30. The number of aromatic nitrogens is 2. The number of aromatic carboxylic acids is 1. The molecular weight excluding hydrogens is 356 g/mol. The lowest BCUT2D eigenvalue weighted by Gasteiger charge is -2.20. The largest absolute Gasteiger partial charge is 0.477 e. The molecule has 2 rings (SSSR count). The van der Waals surface area contributed by atoms with Crippen molar-refractivity contribution in [1.29, 1.82) is 0 Å². The van der Waals surface area contributed by atoms with Crippen LogP contribution in [0.2, 0.25) is 0 Å². The highest BCUT2D eigenvalue weighted by atomic mass is 32.2. The Hall–Kier alpha value is -2.52. The number of anilines is 1. The fraction of sp³-hybridized carbons (Fsp3) is 0.353. The molecule has 0 aliphatic carbocycles. The lowest BCUT2D eigenvalue weighted by atomic mass is 10.2. The molecule has 8 nitrogen and oxygen atoms in total. The molecule has 140 valence electrons. The summed E-state index contributed by atoms with van der Waals surface area (Å²) in [6, 6.07) is 9.14. The van der Waals surface area contributed by atoms with E-state index >= 15 is 0 Å². The normalized spacial score (nSPS) is 11.7. The third kappa shape index (κ3) is 5.50. The van der Waals surface area contributed by atoms with E-state index in [1.165, 1.54) is 10.5 Å². The molecule has 2 N–H and O–H groups in total. The Kier molecular flexibility index (Phi) is 6.27. The molecule has 0 amide bonds. The van der Waals surface area contributed by atoms with Crippen LogP contribution < -0.4 is 5.32 Å². The Balaban J connectivity index is 2.31. The minimum absolute atomic E-state index is 0.0359. The van der Waals surface area contributed by atoms with Gasteiger partial charge in [-0.15, -0.1) is 0 Å². The molecule has 0 bridgehead atoms. The number of nitrogens with one attached hydrogen (secondary N) is 1. The number of nitrogens with zero attached hydrogens (tertiary/aromatic N) is 3. The van der Waals surface area contributed by atoms with E-state index in [0.717, 1.165) is 11.8 Å². The minimum atomic E-state index is -3.51. The van der Waals surface area contributed by atoms with Gasteiger partial charge in [-0.1, -0.05) is 30.3 Å². The molecule has 2 aromatic rings. The summed E-state index contributed by atoms with van der Waals surface area (Å²) >= 11 is 0. The molecule has 9 heteroatoms. The van der Waals surface area contributed by atoms with Gasteiger partial charge in [0.2, 0.25) is 10.0 Å². The molecule has 26 heavy (non-hydrogen) atoms. The maximum absolute atomic E-state index is 12.1. The second kappa shape index (κ2) is 8.24. The number of benzene rings is 1. The van der Waals surface area contributed by atoms with Crippen LogP contribution >= 0.6 is 0 Å². The summed E-state index contributed by atoms with van der Waals surface area (Å²) in [6.07, 6.45) is 2.31. The van der Waals surface area contributed by atoms with Crippen molar-refractivity contribution >= 4 is 21.8 Å². The molecule has 0 saturated heterocycles. The number of hydrogen-bond donors (Lipinski definition) is 2. The Morgan fingerprint density at radius 3 is 2.42 bits per heavy atom. The average molecular weight is 378 g/mol. The average Bonchev–Trinajstić information content (AvgIpc) is 2.53. The third-order valence-corrected chi connectivity index (χ3v) is 4.68. The van der Waals surface area contributed by atoms with Crippen LogP contribution in [0.25, 0.3) is 0 Å². The Morgan fingerprint density at radius 1 is 1.23 bits per heavy atom. The van der Waals surface area contributed by atoms with E-state index in [9.17, 15) is 18.3 Å². The van der Waals surface area contributed by atoms with E-state index in [1.54, 1.807) is 0 Å². The highest BCUT2D eigenvalue weighted by molar-refractivity contribution is 7.88. The van der Waals surface area contributed by atoms with Crippen molar-refractivity contribution in [2.75, 3.05) is 11.6 Å². The lowest BCUT2D eigenvalue weighted by molar-refractivity contribution is 0.0697. The molecular formula is C17H22N4O4S. The second-order valence-corrected chi connectivity index (χ2v) is 8.15. The first-order chi connectivity index (χ1) is 12.2. The van der Waals surface area contributed by atoms with Gasteiger partial charge < -0.3 is 10.4 Å². The van der Waals surface area contributed by atoms with Crippen LogP contribution in [0.3, 0.4) is 0 Å². The first-order valence-electron chi connectivity index (χ1n) is 8.01. The summed E-state index contributed by atoms with van der Waals surface area (Å²) in [5, 5.41) is 12.2. The van der Waals surface area contributed by atoms with Crippen LogP contribution in [0.15, 0.2) is 36.5 Å². The van der Waals surface area contributed by atoms with Crippen molar-refractivity contribution < 1.29 is 18.3 Å². The number of carboxylic acids is 1. The van der Waals surface area contributed by atoms with E-state index in [0.29, 0.717) is 0 Å². The van der Waals surface area contributed by atoms with Gasteiger partial charge in [0.05, 0.1) is 12.8 Å². The van der Waals surface area contributed by atoms with Crippen molar-refractivity contribution in [3.05, 3.63) is 53.5 Å². The van der Waals surface area contributed by atoms with Crippen LogP contribution in [-0.2, 0) is 23.1 Å². The van der Waals surface area contributed by atoms with Crippen LogP contribution in [0.1, 0.15) is 35.6 Å². The summed E-state index contributed by atoms with van der Waals surface area (Å²) < 4.78 is 25.5. The van der Waals surface area contributed by atoms with E-state index in [-0.39, 0.29) is 36.3 Å². The quantitative estimate of drug-likeness (QED) is 0.722. The monoisotopic (exact) mass is 378 g/mol. The number of rotatable bonds is 8. The maximum atomic E-state index is 12.1. The Bertz CT molecular complexity index is 870. The van der Waals surface area contributed by atoms with Gasteiger partial charge in [-0.2, -0.15) is 4.31 Å². The van der Waals surface area contributed by atoms with Crippen LogP contribution in [-0.4, -0.2) is 46.1 Å². The zero-order chi connectivity index (χ0) is 19.3. The van der Waals surface area contributed by atoms with Crippen molar-refractivity contribution in [2.24, 2.45) is 0 Å². The molecule has 1 aromatic carbocycles. The first-order valence-corrected chi connectivity index (χ1v) is 9.86. The summed E-state index contributed by atoms with van der Waals surface area (Å²) in [5.74, 6) is -0.755. The third-order valence-electron chi connectivity index (χ3n) is 3.48. The number of sulfonamides is 1. The van der Waals surface area contributed by atoms with Gasteiger partial charge in [0.25, 0.3) is 0 Å². The van der Waals surface area contributed by atoms with E-state index < -0.39 is 16.0 Å². The van der Waals surface area contributed by atoms with Crippen molar-refractivity contribution in [3.63, 3.8) is 0 Å². The minimum Gasteiger partial charge on any atom is -0.477 e. The maximum Gasteiger partial charge on any atom is 0.341 e. The molecule has 0 fully saturated rings. The molecule has 0 spiro atoms. The van der Waals surface area contributed by atoms with Gasteiger partial charge in [-0.25, -0.2) is 23.2 Å². The zero-order valence-electron chi connectivity index (χ0n) is 14.9. The fourth-order valence-electron chi connectivity index (χ4n) is 2.27. The molecule has 0 atom stereocenters. The number of carboxylic acid groups (broad SMARTS) is 1. The molecule has 0 saturated carbocycles. The van der Waals surface area contributed by atoms with E-state index in [2.05, 4.69) is 15.3 Å². The molecule has 0 aliphatic heterocycles. The van der Waals surface area contributed by atoms with Crippen molar-refractivity contribution in [3.8, 4) is 0 Å². The topological polar surface area (TPSA) is 112 Å². The number of hydrogen-bond acceptors (Lipinski definition) is 6. The van der Waals surface area contributed by atoms with E-state index in [1.807, 2.05) is 44.2 Å². The van der Waals surface area contributed by atoms with Gasteiger partial charge in [0.15, 0.2) is 0 Å². The van der Waals surface area contributed by atoms with Gasteiger partial charge in [-0.05, 0) is 19.4 Å². The summed E-state index contributed by atoms with van der Waals surface area (Å²) in [4.78, 5) is 19.6. The fourth-order valence-corrected chi connectivity index (χ4v) is 3.00. The van der Waals surface area contributed by atoms with Crippen molar-refractivity contribution in [2.45, 2.75) is 33.0 Å². The van der Waals surface area contributed by atoms with Gasteiger partial charge in [0, 0.05) is 18.8 Å². The second-order valence-electron chi connectivity index (χ2n) is 6.17. The highest BCUT2D eigenvalue weighted by Crippen LogP contribution is 2.16. The van der Waals surface area contributed by atoms with Gasteiger partial charge in [-0.3, -0.25) is 0 Å². The summed E-state index contributed by atoms with van der Waals surface area (Å²) in [7, 11) is -3.51. The SMILES string of the molecule is CC(C)Nc1nc(CN(Cc2ccccc2)S(C)(=O)=O)ncc1C(=O)O. The van der Waals surface area contributed by atoms with Crippen LogP contribution in [0, 0.1) is 0 Å². The predicted octanol–water partition coefficient (Wildman–Crippen LogP) is 1.96. The summed E-state index contributed by atoms with van der Waals surface area (Å²) in [6.45, 7) is 3.83. The summed E-state index contributed by atoms with van der Waals surface area (Å²) in [5.41, 5.74) is 0.775. The number of carbonyl (C=O) groups is 1. The Morgan fingerprint density at radius 2 is 1.88 bits per heavy atom. The predicted molar refractivity (Wildman–Crippen MR) is 98.3 cm³/mol. The first kappa shape index (κ1) is 19.8. The van der Waals surface area contributed by atoms with E-state index in [4.69, 9.17) is 0 Å². The molecule has 0 radical (unpaired) electrons. The van der Waals surface area contributed by atoms with Gasteiger partial charge >= 0.3 is 5.97 Å². The highest BCUT2D eigenvalue weighted by Gasteiger charge is 2.21. The van der Waals surface area contributed by atoms with Crippen LogP contribution in [0.5, 0.6) is 0 Å². The standard InChI is InChI=1S/C17H22N4O4S/c1-12(2)19-16-14(17(22)23)9-18-15(20-16)11-21(26(3,24)25)10-13-7-5-4-6-8-13/h4-9,12H,10-11H2,1-3H3,(H,22,23)(H,18,19,20). The molecule has 1 heterocycles. The molecule has 0 unspecified atom stereocenters. The molecule has 0 aliphatic rings. The Labute approximate surface area is 153 Å². The van der Waals surface area contributed by atoms with Crippen LogP contribution in [0.4, 0.5) is 5.82 Å².